The Morgan fingerprint density at radius 2 is 2.00 bits per heavy atom. The zero-order valence-electron chi connectivity index (χ0n) is 13.3. The summed E-state index contributed by atoms with van der Waals surface area (Å²) in [5, 5.41) is 5.65. The fraction of sp³-hybridized carbons (Fsp3) is 0.765. The third-order valence-corrected chi connectivity index (χ3v) is 5.96. The largest absolute Gasteiger partial charge is 0.319 e. The Morgan fingerprint density at radius 3 is 2.55 bits per heavy atom. The Kier molecular flexibility index (Phi) is 6.06. The minimum Gasteiger partial charge on any atom is -0.319 e. The van der Waals surface area contributed by atoms with Crippen LogP contribution in [0.3, 0.4) is 0 Å². The SMILES string of the molecule is CNCC1(CN(C)C(C)c2cccs2)CCCCCC1. The molecular weight excluding hydrogens is 264 g/mol. The molecule has 0 spiro atoms. The average molecular weight is 295 g/mol. The summed E-state index contributed by atoms with van der Waals surface area (Å²) in [6, 6.07) is 4.97. The van der Waals surface area contributed by atoms with Gasteiger partial charge in [0.2, 0.25) is 0 Å². The van der Waals surface area contributed by atoms with Gasteiger partial charge in [-0.25, -0.2) is 0 Å². The number of hydrogen-bond acceptors (Lipinski definition) is 3. The van der Waals surface area contributed by atoms with Gasteiger partial charge in [0.1, 0.15) is 0 Å². The summed E-state index contributed by atoms with van der Waals surface area (Å²) < 4.78 is 0. The summed E-state index contributed by atoms with van der Waals surface area (Å²) in [7, 11) is 4.40. The molecule has 1 saturated carbocycles. The van der Waals surface area contributed by atoms with Crippen LogP contribution in [0.4, 0.5) is 0 Å². The average Bonchev–Trinajstić information content (AvgIpc) is 2.87. The lowest BCUT2D eigenvalue weighted by atomic mass is 9.79. The van der Waals surface area contributed by atoms with E-state index < -0.39 is 0 Å². The van der Waals surface area contributed by atoms with Gasteiger partial charge in [-0.3, -0.25) is 4.90 Å². The summed E-state index contributed by atoms with van der Waals surface area (Å²) >= 11 is 1.88. The van der Waals surface area contributed by atoms with Gasteiger partial charge in [-0.1, -0.05) is 31.7 Å². The van der Waals surface area contributed by atoms with Gasteiger partial charge in [-0.2, -0.15) is 0 Å². The summed E-state index contributed by atoms with van der Waals surface area (Å²) in [6.45, 7) is 4.72. The van der Waals surface area contributed by atoms with Crippen molar-refractivity contribution < 1.29 is 0 Å². The fourth-order valence-corrected chi connectivity index (χ4v) is 4.50. The first-order chi connectivity index (χ1) is 9.67. The van der Waals surface area contributed by atoms with Crippen LogP contribution in [0.1, 0.15) is 56.4 Å². The highest BCUT2D eigenvalue weighted by molar-refractivity contribution is 7.10. The molecule has 1 aromatic heterocycles. The van der Waals surface area contributed by atoms with Crippen molar-refractivity contribution in [3.63, 3.8) is 0 Å². The van der Waals surface area contributed by atoms with E-state index in [9.17, 15) is 0 Å². The highest BCUT2D eigenvalue weighted by Gasteiger charge is 2.32. The Bertz CT molecular complexity index is 366. The molecule has 2 nitrogen and oxygen atoms in total. The van der Waals surface area contributed by atoms with Gasteiger partial charge in [0, 0.05) is 24.0 Å². The third kappa shape index (κ3) is 4.06. The molecule has 1 aliphatic rings. The second-order valence-electron chi connectivity index (χ2n) is 6.55. The van der Waals surface area contributed by atoms with Crippen LogP contribution in [0.25, 0.3) is 0 Å². The minimum absolute atomic E-state index is 0.478. The van der Waals surface area contributed by atoms with Crippen LogP contribution in [0, 0.1) is 5.41 Å². The highest BCUT2D eigenvalue weighted by Crippen LogP contribution is 2.37. The molecule has 0 bridgehead atoms. The fourth-order valence-electron chi connectivity index (χ4n) is 3.66. The predicted molar refractivity (Wildman–Crippen MR) is 89.4 cm³/mol. The Hall–Kier alpha value is -0.380. The van der Waals surface area contributed by atoms with Gasteiger partial charge in [-0.05, 0) is 50.7 Å². The zero-order chi connectivity index (χ0) is 14.4. The van der Waals surface area contributed by atoms with Crippen molar-refractivity contribution in [1.29, 1.82) is 0 Å². The van der Waals surface area contributed by atoms with Crippen molar-refractivity contribution in [3.8, 4) is 0 Å². The normalized spacial score (nSPS) is 20.8. The maximum Gasteiger partial charge on any atom is 0.0410 e. The van der Waals surface area contributed by atoms with Crippen molar-refractivity contribution >= 4 is 11.3 Å². The summed E-state index contributed by atoms with van der Waals surface area (Å²) in [6.07, 6.45) is 8.43. The van der Waals surface area contributed by atoms with Gasteiger partial charge < -0.3 is 5.32 Å². The molecule has 1 N–H and O–H groups in total. The maximum absolute atomic E-state index is 3.46. The van der Waals surface area contributed by atoms with Crippen molar-refractivity contribution in [1.82, 2.24) is 10.2 Å². The van der Waals surface area contributed by atoms with E-state index in [0.29, 0.717) is 11.5 Å². The van der Waals surface area contributed by atoms with Crippen LogP contribution in [-0.2, 0) is 0 Å². The molecule has 0 aromatic carbocycles. The van der Waals surface area contributed by atoms with Gasteiger partial charge in [0.05, 0.1) is 0 Å². The van der Waals surface area contributed by atoms with E-state index in [-0.39, 0.29) is 0 Å². The first kappa shape index (κ1) is 16.0. The zero-order valence-corrected chi connectivity index (χ0v) is 14.1. The molecular formula is C17H30N2S. The lowest BCUT2D eigenvalue weighted by Gasteiger charge is -2.38. The topological polar surface area (TPSA) is 15.3 Å². The molecule has 2 rings (SSSR count). The molecule has 0 aliphatic heterocycles. The summed E-state index contributed by atoms with van der Waals surface area (Å²) in [5.74, 6) is 0. The molecule has 0 radical (unpaired) electrons. The number of nitrogens with zero attached hydrogens (tertiary/aromatic N) is 1. The van der Waals surface area contributed by atoms with Crippen LogP contribution in [0.2, 0.25) is 0 Å². The molecule has 1 atom stereocenters. The molecule has 1 aromatic rings. The number of hydrogen-bond donors (Lipinski definition) is 1. The quantitative estimate of drug-likeness (QED) is 0.787. The van der Waals surface area contributed by atoms with Gasteiger partial charge in [0.25, 0.3) is 0 Å². The first-order valence-corrected chi connectivity index (χ1v) is 8.93. The Balaban J connectivity index is 2.02. The molecule has 1 aliphatic carbocycles. The maximum atomic E-state index is 3.46. The van der Waals surface area contributed by atoms with E-state index in [1.54, 1.807) is 0 Å². The van der Waals surface area contributed by atoms with Gasteiger partial charge in [-0.15, -0.1) is 11.3 Å². The molecule has 0 amide bonds. The Labute approximate surface area is 128 Å². The molecule has 1 unspecified atom stereocenters. The van der Waals surface area contributed by atoms with Gasteiger partial charge >= 0.3 is 0 Å². The molecule has 1 heterocycles. The van der Waals surface area contributed by atoms with Crippen LogP contribution in [0.5, 0.6) is 0 Å². The van der Waals surface area contributed by atoms with Crippen LogP contribution < -0.4 is 5.32 Å². The van der Waals surface area contributed by atoms with Crippen LogP contribution in [-0.4, -0.2) is 32.1 Å². The standard InChI is InChI=1S/C17H30N2S/c1-15(16-9-8-12-20-16)19(3)14-17(13-18-2)10-6-4-5-7-11-17/h8-9,12,15,18H,4-7,10-11,13-14H2,1-3H3. The lowest BCUT2D eigenvalue weighted by Crippen LogP contribution is -2.42. The van der Waals surface area contributed by atoms with Gasteiger partial charge in [0.15, 0.2) is 0 Å². The second kappa shape index (κ2) is 7.58. The summed E-state index contributed by atoms with van der Waals surface area (Å²) in [4.78, 5) is 4.05. The smallest absolute Gasteiger partial charge is 0.0410 e. The van der Waals surface area contributed by atoms with E-state index in [0.717, 1.165) is 6.54 Å². The molecule has 3 heteroatoms. The molecule has 114 valence electrons. The minimum atomic E-state index is 0.478. The van der Waals surface area contributed by atoms with Crippen molar-refractivity contribution in [2.45, 2.75) is 51.5 Å². The van der Waals surface area contributed by atoms with E-state index >= 15 is 0 Å². The third-order valence-electron chi connectivity index (χ3n) is 4.92. The lowest BCUT2D eigenvalue weighted by molar-refractivity contribution is 0.123. The van der Waals surface area contributed by atoms with E-state index in [1.807, 2.05) is 11.3 Å². The van der Waals surface area contributed by atoms with Crippen molar-refractivity contribution in [2.75, 3.05) is 27.2 Å². The van der Waals surface area contributed by atoms with E-state index in [1.165, 1.54) is 49.9 Å². The number of rotatable bonds is 6. The second-order valence-corrected chi connectivity index (χ2v) is 7.53. The monoisotopic (exact) mass is 294 g/mol. The van der Waals surface area contributed by atoms with Crippen molar-refractivity contribution in [3.05, 3.63) is 22.4 Å². The predicted octanol–water partition coefficient (Wildman–Crippen LogP) is 4.30. The van der Waals surface area contributed by atoms with Crippen LogP contribution >= 0.6 is 11.3 Å². The molecule has 0 saturated heterocycles. The number of nitrogens with one attached hydrogen (secondary N) is 1. The highest BCUT2D eigenvalue weighted by atomic mass is 32.1. The molecule has 1 fully saturated rings. The summed E-state index contributed by atoms with van der Waals surface area (Å²) in [5.41, 5.74) is 0.478. The first-order valence-electron chi connectivity index (χ1n) is 8.05. The van der Waals surface area contributed by atoms with E-state index in [4.69, 9.17) is 0 Å². The van der Waals surface area contributed by atoms with Crippen LogP contribution in [0.15, 0.2) is 17.5 Å². The number of thiophene rings is 1. The molecule has 20 heavy (non-hydrogen) atoms. The Morgan fingerprint density at radius 1 is 1.30 bits per heavy atom. The van der Waals surface area contributed by atoms with Crippen molar-refractivity contribution in [2.24, 2.45) is 5.41 Å². The van der Waals surface area contributed by atoms with E-state index in [2.05, 4.69) is 48.7 Å².